The monoisotopic (exact) mass is 245 g/mol. The number of hydrogen-bond donors (Lipinski definition) is 0. The lowest BCUT2D eigenvalue weighted by Crippen LogP contribution is -2.26. The zero-order chi connectivity index (χ0) is 13.5. The molecule has 0 spiro atoms. The summed E-state index contributed by atoms with van der Waals surface area (Å²) in [6.45, 7) is 8.93. The Morgan fingerprint density at radius 1 is 1.17 bits per heavy atom. The molecule has 98 valence electrons. The maximum absolute atomic E-state index is 11.9. The molecule has 0 saturated heterocycles. The molecule has 1 aliphatic rings. The summed E-state index contributed by atoms with van der Waals surface area (Å²) in [5, 5.41) is 0. The molecule has 0 radical (unpaired) electrons. The first kappa shape index (κ1) is 13.1. The molecule has 18 heavy (non-hydrogen) atoms. The van der Waals surface area contributed by atoms with Crippen LogP contribution in [0.2, 0.25) is 0 Å². The molecule has 2 heteroatoms. The summed E-state index contributed by atoms with van der Waals surface area (Å²) in [6, 6.07) is 4.25. The van der Waals surface area contributed by atoms with Crippen LogP contribution in [0.25, 0.3) is 0 Å². The van der Waals surface area contributed by atoms with Crippen LogP contribution in [0.15, 0.2) is 12.1 Å². The molecule has 0 aliphatic carbocycles. The predicted octanol–water partition coefficient (Wildman–Crippen LogP) is 3.59. The number of aryl methyl sites for hydroxylation is 1. The van der Waals surface area contributed by atoms with Gasteiger partial charge >= 0.3 is 0 Å². The number of carbonyl (C=O) groups is 1. The largest absolute Gasteiger partial charge is 0.315 e. The third-order valence-corrected chi connectivity index (χ3v) is 3.80. The molecule has 1 heterocycles. The molecule has 0 saturated carbocycles. The van der Waals surface area contributed by atoms with Crippen molar-refractivity contribution in [3.05, 3.63) is 28.8 Å². The average Bonchev–Trinajstić information content (AvgIpc) is 2.38. The van der Waals surface area contributed by atoms with E-state index in [-0.39, 0.29) is 11.3 Å². The van der Waals surface area contributed by atoms with Crippen molar-refractivity contribution in [2.24, 2.45) is 0 Å². The maximum atomic E-state index is 11.9. The third kappa shape index (κ3) is 2.16. The summed E-state index contributed by atoms with van der Waals surface area (Å²) in [7, 11) is 1.90. The zero-order valence-corrected chi connectivity index (χ0v) is 12.1. The standard InChI is InChI=1S/C16H23NO/c1-11-9-10-13-12(15(11)16(2,3)4)7-6-8-14(18)17(13)5/h9-10H,6-8H2,1-5H3. The van der Waals surface area contributed by atoms with E-state index < -0.39 is 0 Å². The Hall–Kier alpha value is -1.31. The van der Waals surface area contributed by atoms with Crippen LogP contribution in [0.5, 0.6) is 0 Å². The first-order chi connectivity index (χ1) is 8.32. The van der Waals surface area contributed by atoms with E-state index in [1.807, 2.05) is 11.9 Å². The molecule has 0 aromatic heterocycles. The van der Waals surface area contributed by atoms with Gasteiger partial charge in [0.1, 0.15) is 0 Å². The smallest absolute Gasteiger partial charge is 0.226 e. The Morgan fingerprint density at radius 3 is 2.44 bits per heavy atom. The van der Waals surface area contributed by atoms with Crippen LogP contribution in [-0.4, -0.2) is 13.0 Å². The van der Waals surface area contributed by atoms with Gasteiger partial charge in [-0.25, -0.2) is 0 Å². The lowest BCUT2D eigenvalue weighted by Gasteiger charge is -2.28. The number of amides is 1. The number of rotatable bonds is 0. The summed E-state index contributed by atoms with van der Waals surface area (Å²) < 4.78 is 0. The Morgan fingerprint density at radius 2 is 1.83 bits per heavy atom. The minimum Gasteiger partial charge on any atom is -0.315 e. The molecule has 2 rings (SSSR count). The van der Waals surface area contributed by atoms with Crippen molar-refractivity contribution in [2.75, 3.05) is 11.9 Å². The molecule has 0 N–H and O–H groups in total. The second-order valence-electron chi connectivity index (χ2n) is 6.31. The molecule has 1 aliphatic heterocycles. The Bertz CT molecular complexity index is 483. The molecule has 2 nitrogen and oxygen atoms in total. The van der Waals surface area contributed by atoms with Gasteiger partial charge in [-0.2, -0.15) is 0 Å². The molecular weight excluding hydrogens is 222 g/mol. The van der Waals surface area contributed by atoms with Crippen LogP contribution in [0.3, 0.4) is 0 Å². The van der Waals surface area contributed by atoms with E-state index in [1.54, 1.807) is 0 Å². The van der Waals surface area contributed by atoms with Crippen molar-refractivity contribution in [1.82, 2.24) is 0 Å². The van der Waals surface area contributed by atoms with Gasteiger partial charge in [0.15, 0.2) is 0 Å². The van der Waals surface area contributed by atoms with E-state index in [4.69, 9.17) is 0 Å². The van der Waals surface area contributed by atoms with E-state index in [0.717, 1.165) is 18.5 Å². The molecule has 0 unspecified atom stereocenters. The van der Waals surface area contributed by atoms with Gasteiger partial charge in [0, 0.05) is 19.2 Å². The summed E-state index contributed by atoms with van der Waals surface area (Å²) in [6.07, 6.45) is 2.64. The quantitative estimate of drug-likeness (QED) is 0.684. The van der Waals surface area contributed by atoms with Gasteiger partial charge in [0.25, 0.3) is 0 Å². The lowest BCUT2D eigenvalue weighted by atomic mass is 9.79. The van der Waals surface area contributed by atoms with Crippen LogP contribution in [0.4, 0.5) is 5.69 Å². The first-order valence-corrected chi connectivity index (χ1v) is 6.72. The second kappa shape index (κ2) is 4.42. The fourth-order valence-electron chi connectivity index (χ4n) is 3.08. The van der Waals surface area contributed by atoms with E-state index >= 15 is 0 Å². The molecular formula is C16H23NO. The maximum Gasteiger partial charge on any atom is 0.226 e. The van der Waals surface area contributed by atoms with Crippen molar-refractivity contribution in [1.29, 1.82) is 0 Å². The molecule has 1 aromatic carbocycles. The molecule has 0 fully saturated rings. The van der Waals surface area contributed by atoms with E-state index in [0.29, 0.717) is 6.42 Å². The fourth-order valence-corrected chi connectivity index (χ4v) is 3.08. The van der Waals surface area contributed by atoms with Crippen molar-refractivity contribution in [3.8, 4) is 0 Å². The number of nitrogens with zero attached hydrogens (tertiary/aromatic N) is 1. The van der Waals surface area contributed by atoms with E-state index in [9.17, 15) is 4.79 Å². The molecule has 0 atom stereocenters. The first-order valence-electron chi connectivity index (χ1n) is 6.72. The number of fused-ring (bicyclic) bond motifs is 1. The highest BCUT2D eigenvalue weighted by Crippen LogP contribution is 2.37. The van der Waals surface area contributed by atoms with Crippen LogP contribution in [0, 0.1) is 6.92 Å². The number of carbonyl (C=O) groups excluding carboxylic acids is 1. The highest BCUT2D eigenvalue weighted by Gasteiger charge is 2.26. The van der Waals surface area contributed by atoms with Crippen LogP contribution in [-0.2, 0) is 16.6 Å². The van der Waals surface area contributed by atoms with Crippen LogP contribution in [0.1, 0.15) is 50.3 Å². The fraction of sp³-hybridized carbons (Fsp3) is 0.562. The summed E-state index contributed by atoms with van der Waals surface area (Å²) in [5.74, 6) is 0.234. The van der Waals surface area contributed by atoms with Gasteiger partial charge in [-0.3, -0.25) is 4.79 Å². The molecule has 1 aromatic rings. The van der Waals surface area contributed by atoms with Gasteiger partial charge in [-0.15, -0.1) is 0 Å². The Labute approximate surface area is 110 Å². The number of anilines is 1. The third-order valence-electron chi connectivity index (χ3n) is 3.80. The highest BCUT2D eigenvalue weighted by molar-refractivity contribution is 5.94. The van der Waals surface area contributed by atoms with E-state index in [2.05, 4.69) is 39.8 Å². The van der Waals surface area contributed by atoms with Crippen molar-refractivity contribution in [3.63, 3.8) is 0 Å². The van der Waals surface area contributed by atoms with E-state index in [1.165, 1.54) is 16.7 Å². The average molecular weight is 245 g/mol. The summed E-state index contributed by atoms with van der Waals surface area (Å²) >= 11 is 0. The van der Waals surface area contributed by atoms with Gasteiger partial charge < -0.3 is 4.90 Å². The van der Waals surface area contributed by atoms with Gasteiger partial charge in [-0.05, 0) is 47.9 Å². The summed E-state index contributed by atoms with van der Waals surface area (Å²) in [4.78, 5) is 13.8. The zero-order valence-electron chi connectivity index (χ0n) is 12.1. The topological polar surface area (TPSA) is 20.3 Å². The van der Waals surface area contributed by atoms with Crippen molar-refractivity contribution < 1.29 is 4.79 Å². The SMILES string of the molecule is Cc1ccc2c(c1C(C)(C)C)CCCC(=O)N2C. The van der Waals surface area contributed by atoms with Crippen LogP contribution >= 0.6 is 0 Å². The van der Waals surface area contributed by atoms with Gasteiger partial charge in [-0.1, -0.05) is 26.8 Å². The second-order valence-corrected chi connectivity index (χ2v) is 6.31. The molecule has 1 amide bonds. The molecule has 0 bridgehead atoms. The van der Waals surface area contributed by atoms with Crippen molar-refractivity contribution >= 4 is 11.6 Å². The predicted molar refractivity (Wildman–Crippen MR) is 76.2 cm³/mol. The normalized spacial score (nSPS) is 16.5. The lowest BCUT2D eigenvalue weighted by molar-refractivity contribution is -0.118. The van der Waals surface area contributed by atoms with Crippen LogP contribution < -0.4 is 4.90 Å². The number of hydrogen-bond acceptors (Lipinski definition) is 1. The Kier molecular flexibility index (Phi) is 3.22. The number of benzene rings is 1. The van der Waals surface area contributed by atoms with Crippen molar-refractivity contribution in [2.45, 2.75) is 52.4 Å². The van der Waals surface area contributed by atoms with Gasteiger partial charge in [0.2, 0.25) is 5.91 Å². The van der Waals surface area contributed by atoms with Gasteiger partial charge in [0.05, 0.1) is 0 Å². The minimum atomic E-state index is 0.129. The summed E-state index contributed by atoms with van der Waals surface area (Å²) in [5.41, 5.74) is 5.36. The minimum absolute atomic E-state index is 0.129. The highest BCUT2D eigenvalue weighted by atomic mass is 16.2. The Balaban J connectivity index is 2.67.